The van der Waals surface area contributed by atoms with Gasteiger partial charge in [-0.25, -0.2) is 0 Å². The lowest BCUT2D eigenvalue weighted by atomic mass is 10.2. The summed E-state index contributed by atoms with van der Waals surface area (Å²) in [6.07, 6.45) is 0. The van der Waals surface area contributed by atoms with Crippen LogP contribution in [0.25, 0.3) is 0 Å². The smallest absolute Gasteiger partial charge is 0.0835 e. The van der Waals surface area contributed by atoms with Crippen LogP contribution >= 0.6 is 50.5 Å². The predicted octanol–water partition coefficient (Wildman–Crippen LogP) is 5.74. The SMILES string of the molecule is Cc1ccsc1CNc1ccc(Br)c(Cl)c1Cl. The van der Waals surface area contributed by atoms with Crippen molar-refractivity contribution >= 4 is 56.2 Å². The molecule has 2 rings (SSSR count). The Morgan fingerprint density at radius 3 is 2.65 bits per heavy atom. The molecule has 1 nitrogen and oxygen atoms in total. The molecule has 0 saturated carbocycles. The first-order valence-corrected chi connectivity index (χ1v) is 7.43. The zero-order chi connectivity index (χ0) is 12.4. The van der Waals surface area contributed by atoms with Crippen molar-refractivity contribution in [2.45, 2.75) is 13.5 Å². The van der Waals surface area contributed by atoms with Gasteiger partial charge in [0, 0.05) is 15.9 Å². The number of rotatable bonds is 3. The minimum absolute atomic E-state index is 0.541. The lowest BCUT2D eigenvalue weighted by molar-refractivity contribution is 1.17. The molecule has 0 aliphatic carbocycles. The lowest BCUT2D eigenvalue weighted by Gasteiger charge is -2.10. The van der Waals surface area contributed by atoms with E-state index in [9.17, 15) is 0 Å². The molecule has 0 saturated heterocycles. The Labute approximate surface area is 123 Å². The minimum atomic E-state index is 0.541. The Bertz CT molecular complexity index is 539. The van der Waals surface area contributed by atoms with Crippen LogP contribution in [0.3, 0.4) is 0 Å². The highest BCUT2D eigenvalue weighted by molar-refractivity contribution is 9.10. The van der Waals surface area contributed by atoms with E-state index in [0.717, 1.165) is 16.7 Å². The van der Waals surface area contributed by atoms with Crippen LogP contribution in [-0.2, 0) is 6.54 Å². The van der Waals surface area contributed by atoms with Crippen molar-refractivity contribution in [3.8, 4) is 0 Å². The number of anilines is 1. The van der Waals surface area contributed by atoms with Gasteiger partial charge in [0.15, 0.2) is 0 Å². The first-order chi connectivity index (χ1) is 8.09. The summed E-state index contributed by atoms with van der Waals surface area (Å²) in [5.74, 6) is 0. The summed E-state index contributed by atoms with van der Waals surface area (Å²) >= 11 is 17.3. The molecule has 0 radical (unpaired) electrons. The number of hydrogen-bond acceptors (Lipinski definition) is 2. The Balaban J connectivity index is 2.15. The Morgan fingerprint density at radius 1 is 1.24 bits per heavy atom. The van der Waals surface area contributed by atoms with Crippen LogP contribution in [0.5, 0.6) is 0 Å². The van der Waals surface area contributed by atoms with Crippen molar-refractivity contribution in [3.05, 3.63) is 48.5 Å². The standard InChI is InChI=1S/C12H10BrCl2NS/c1-7-4-5-17-10(7)6-16-9-3-2-8(13)11(14)12(9)15/h2-5,16H,6H2,1H3. The average Bonchev–Trinajstić information content (AvgIpc) is 2.71. The fraction of sp³-hybridized carbons (Fsp3) is 0.167. The van der Waals surface area contributed by atoms with E-state index in [1.807, 2.05) is 12.1 Å². The summed E-state index contributed by atoms with van der Waals surface area (Å²) in [6.45, 7) is 2.87. The monoisotopic (exact) mass is 349 g/mol. The Kier molecular flexibility index (Phi) is 4.36. The van der Waals surface area contributed by atoms with E-state index >= 15 is 0 Å². The van der Waals surface area contributed by atoms with Crippen LogP contribution < -0.4 is 5.32 Å². The molecule has 1 aromatic carbocycles. The van der Waals surface area contributed by atoms with Gasteiger partial charge in [-0.2, -0.15) is 0 Å². The third-order valence-electron chi connectivity index (χ3n) is 2.44. The molecule has 0 spiro atoms. The largest absolute Gasteiger partial charge is 0.379 e. The lowest BCUT2D eigenvalue weighted by Crippen LogP contribution is -1.99. The number of thiophene rings is 1. The van der Waals surface area contributed by atoms with Gasteiger partial charge in [-0.1, -0.05) is 23.2 Å². The second-order valence-corrected chi connectivity index (χ2v) is 6.21. The van der Waals surface area contributed by atoms with Crippen LogP contribution in [-0.4, -0.2) is 0 Å². The highest BCUT2D eigenvalue weighted by atomic mass is 79.9. The third kappa shape index (κ3) is 2.97. The van der Waals surface area contributed by atoms with Crippen molar-refractivity contribution in [2.75, 3.05) is 5.32 Å². The second kappa shape index (κ2) is 5.61. The summed E-state index contributed by atoms with van der Waals surface area (Å²) in [4.78, 5) is 1.31. The van der Waals surface area contributed by atoms with E-state index in [4.69, 9.17) is 23.2 Å². The highest BCUT2D eigenvalue weighted by Gasteiger charge is 2.08. The molecule has 0 unspecified atom stereocenters. The molecule has 0 fully saturated rings. The molecule has 1 N–H and O–H groups in total. The quantitative estimate of drug-likeness (QED) is 0.696. The van der Waals surface area contributed by atoms with Gasteiger partial charge in [-0.15, -0.1) is 11.3 Å². The van der Waals surface area contributed by atoms with Crippen LogP contribution in [0, 0.1) is 6.92 Å². The molecule has 0 bridgehead atoms. The molecule has 0 amide bonds. The predicted molar refractivity (Wildman–Crippen MR) is 80.5 cm³/mol. The molecular formula is C12H10BrCl2NS. The van der Waals surface area contributed by atoms with Crippen molar-refractivity contribution in [2.24, 2.45) is 0 Å². The fourth-order valence-corrected chi connectivity index (χ4v) is 3.11. The number of nitrogens with one attached hydrogen (secondary N) is 1. The van der Waals surface area contributed by atoms with Gasteiger partial charge in [0.25, 0.3) is 0 Å². The van der Waals surface area contributed by atoms with Gasteiger partial charge < -0.3 is 5.32 Å². The van der Waals surface area contributed by atoms with E-state index in [1.54, 1.807) is 11.3 Å². The zero-order valence-electron chi connectivity index (χ0n) is 9.06. The summed E-state index contributed by atoms with van der Waals surface area (Å²) in [5, 5.41) is 6.48. The van der Waals surface area contributed by atoms with E-state index in [1.165, 1.54) is 10.4 Å². The Hall–Kier alpha value is -0.220. The van der Waals surface area contributed by atoms with Crippen molar-refractivity contribution < 1.29 is 0 Å². The van der Waals surface area contributed by atoms with Crippen molar-refractivity contribution in [1.82, 2.24) is 0 Å². The van der Waals surface area contributed by atoms with Crippen molar-refractivity contribution in [3.63, 3.8) is 0 Å². The zero-order valence-corrected chi connectivity index (χ0v) is 13.0. The van der Waals surface area contributed by atoms with Gasteiger partial charge >= 0.3 is 0 Å². The molecular weight excluding hydrogens is 341 g/mol. The average molecular weight is 351 g/mol. The van der Waals surface area contributed by atoms with Gasteiger partial charge in [0.05, 0.1) is 15.7 Å². The van der Waals surface area contributed by atoms with Gasteiger partial charge in [0.2, 0.25) is 0 Å². The molecule has 0 aliphatic heterocycles. The summed E-state index contributed by atoms with van der Waals surface area (Å²) in [5.41, 5.74) is 2.15. The molecule has 1 aromatic heterocycles. The summed E-state index contributed by atoms with van der Waals surface area (Å²) in [6, 6.07) is 5.91. The maximum absolute atomic E-state index is 6.16. The van der Waals surface area contributed by atoms with Crippen LogP contribution in [0.1, 0.15) is 10.4 Å². The molecule has 0 atom stereocenters. The maximum atomic E-state index is 6.16. The van der Waals surface area contributed by atoms with Gasteiger partial charge in [-0.3, -0.25) is 0 Å². The highest BCUT2D eigenvalue weighted by Crippen LogP contribution is 2.36. The normalized spacial score (nSPS) is 10.6. The number of halogens is 3. The number of aryl methyl sites for hydroxylation is 1. The Morgan fingerprint density at radius 2 is 2.00 bits per heavy atom. The molecule has 90 valence electrons. The topological polar surface area (TPSA) is 12.0 Å². The second-order valence-electron chi connectivity index (χ2n) is 3.60. The van der Waals surface area contributed by atoms with E-state index in [0.29, 0.717) is 10.0 Å². The third-order valence-corrected chi connectivity index (χ3v) is 5.24. The van der Waals surface area contributed by atoms with Crippen molar-refractivity contribution in [1.29, 1.82) is 0 Å². The van der Waals surface area contributed by atoms with Crippen LogP contribution in [0.4, 0.5) is 5.69 Å². The first-order valence-electron chi connectivity index (χ1n) is 5.00. The molecule has 2 aromatic rings. The van der Waals surface area contributed by atoms with E-state index in [2.05, 4.69) is 39.6 Å². The van der Waals surface area contributed by atoms with E-state index in [-0.39, 0.29) is 0 Å². The van der Waals surface area contributed by atoms with Crippen LogP contribution in [0.2, 0.25) is 10.0 Å². The summed E-state index contributed by atoms with van der Waals surface area (Å²) < 4.78 is 0.807. The number of hydrogen-bond donors (Lipinski definition) is 1. The first kappa shape index (κ1) is 13.2. The van der Waals surface area contributed by atoms with Gasteiger partial charge in [0.1, 0.15) is 0 Å². The molecule has 1 heterocycles. The minimum Gasteiger partial charge on any atom is -0.379 e. The van der Waals surface area contributed by atoms with Crippen LogP contribution in [0.15, 0.2) is 28.1 Å². The fourth-order valence-electron chi connectivity index (χ4n) is 1.42. The van der Waals surface area contributed by atoms with E-state index < -0.39 is 0 Å². The molecule has 0 aliphatic rings. The number of benzene rings is 1. The van der Waals surface area contributed by atoms with Gasteiger partial charge in [-0.05, 0) is 52.0 Å². The molecule has 17 heavy (non-hydrogen) atoms. The maximum Gasteiger partial charge on any atom is 0.0835 e. The molecule has 5 heteroatoms. The summed E-state index contributed by atoms with van der Waals surface area (Å²) in [7, 11) is 0.